The topological polar surface area (TPSA) is 32.3 Å². The number of rotatable bonds is 6. The molecule has 1 aliphatic rings. The number of alkyl halides is 3. The van der Waals surface area contributed by atoms with Crippen LogP contribution in [0.1, 0.15) is 63.6 Å². The molecule has 1 aromatic rings. The van der Waals surface area contributed by atoms with E-state index in [0.29, 0.717) is 0 Å². The molecule has 1 amide bonds. The Morgan fingerprint density at radius 3 is 2.29 bits per heavy atom. The van der Waals surface area contributed by atoms with Crippen LogP contribution in [0.25, 0.3) is 0 Å². The molecule has 1 heterocycles. The third kappa shape index (κ3) is 4.29. The first-order valence-electron chi connectivity index (χ1n) is 8.39. The minimum atomic E-state index is -4.47. The maximum atomic E-state index is 13.7. The number of unbranched alkanes of at least 4 members (excludes halogenated alkanes) is 2. The summed E-state index contributed by atoms with van der Waals surface area (Å²) in [4.78, 5) is 11.6. The Hall–Kier alpha value is -1.56. The van der Waals surface area contributed by atoms with Crippen LogP contribution in [0, 0.1) is 0 Å². The molecule has 6 heteroatoms. The molecule has 1 aromatic carbocycles. The smallest absolute Gasteiger partial charge is 0.287 e. The van der Waals surface area contributed by atoms with Crippen LogP contribution < -0.4 is 5.43 Å². The summed E-state index contributed by atoms with van der Waals surface area (Å²) in [7, 11) is 0. The van der Waals surface area contributed by atoms with Crippen molar-refractivity contribution in [2.75, 3.05) is 0 Å². The number of carbonyl (C=O) groups excluding carboxylic acids is 1. The Balaban J connectivity index is 2.24. The standard InChI is InChI=1S/C18H25F3N2O/c1-4-5-6-7-13-8-10-14(11-9-13)16(18(19,20)21)23-17(2,3)12-15(24)22-23/h8-11,16H,4-7,12H2,1-3H3,(H,22,24)/t16-/m0/s1. The van der Waals surface area contributed by atoms with Gasteiger partial charge in [0, 0.05) is 12.0 Å². The molecule has 1 aliphatic heterocycles. The highest BCUT2D eigenvalue weighted by Crippen LogP contribution is 2.42. The lowest BCUT2D eigenvalue weighted by molar-refractivity contribution is -0.203. The average Bonchev–Trinajstić information content (AvgIpc) is 2.72. The molecule has 1 saturated heterocycles. The number of hydrogen-bond acceptors (Lipinski definition) is 2. The van der Waals surface area contributed by atoms with E-state index in [2.05, 4.69) is 12.3 Å². The van der Waals surface area contributed by atoms with Gasteiger partial charge in [-0.15, -0.1) is 0 Å². The molecule has 0 aliphatic carbocycles. The van der Waals surface area contributed by atoms with E-state index in [-0.39, 0.29) is 17.9 Å². The fourth-order valence-electron chi connectivity index (χ4n) is 3.15. The maximum Gasteiger partial charge on any atom is 0.409 e. The highest BCUT2D eigenvalue weighted by Gasteiger charge is 2.52. The second kappa shape index (κ2) is 7.13. The van der Waals surface area contributed by atoms with Crippen LogP contribution in [-0.2, 0) is 11.2 Å². The zero-order chi connectivity index (χ0) is 18.0. The van der Waals surface area contributed by atoms with Crippen molar-refractivity contribution in [1.29, 1.82) is 0 Å². The third-order valence-electron chi connectivity index (χ3n) is 4.42. The van der Waals surface area contributed by atoms with Gasteiger partial charge in [-0.2, -0.15) is 18.2 Å². The molecule has 1 atom stereocenters. The van der Waals surface area contributed by atoms with Gasteiger partial charge < -0.3 is 0 Å². The molecule has 0 unspecified atom stereocenters. The van der Waals surface area contributed by atoms with Gasteiger partial charge in [0.25, 0.3) is 0 Å². The van der Waals surface area contributed by atoms with Crippen LogP contribution in [0.4, 0.5) is 13.2 Å². The largest absolute Gasteiger partial charge is 0.409 e. The minimum absolute atomic E-state index is 0.0503. The van der Waals surface area contributed by atoms with Crippen LogP contribution in [0.3, 0.4) is 0 Å². The summed E-state index contributed by atoms with van der Waals surface area (Å²) in [5, 5.41) is 1.04. The molecule has 3 nitrogen and oxygen atoms in total. The highest BCUT2D eigenvalue weighted by molar-refractivity contribution is 5.79. The lowest BCUT2D eigenvalue weighted by Gasteiger charge is -2.38. The van der Waals surface area contributed by atoms with Crippen LogP contribution in [0.15, 0.2) is 24.3 Å². The van der Waals surface area contributed by atoms with Gasteiger partial charge in [0.15, 0.2) is 6.04 Å². The molecule has 1 fully saturated rings. The molecule has 2 rings (SSSR count). The number of hydrazine groups is 1. The molecule has 24 heavy (non-hydrogen) atoms. The van der Waals surface area contributed by atoms with Crippen molar-refractivity contribution in [3.8, 4) is 0 Å². The summed E-state index contributed by atoms with van der Waals surface area (Å²) in [5.41, 5.74) is 2.68. The van der Waals surface area contributed by atoms with Gasteiger partial charge in [-0.3, -0.25) is 10.2 Å². The van der Waals surface area contributed by atoms with Crippen molar-refractivity contribution in [3.05, 3.63) is 35.4 Å². The van der Waals surface area contributed by atoms with Crippen LogP contribution in [0.2, 0.25) is 0 Å². The molecule has 1 N–H and O–H groups in total. The number of nitrogens with one attached hydrogen (secondary N) is 1. The van der Waals surface area contributed by atoms with Gasteiger partial charge in [0.2, 0.25) is 5.91 Å². The number of carbonyl (C=O) groups is 1. The minimum Gasteiger partial charge on any atom is -0.287 e. The molecule has 0 spiro atoms. The van der Waals surface area contributed by atoms with Crippen molar-refractivity contribution >= 4 is 5.91 Å². The monoisotopic (exact) mass is 342 g/mol. The van der Waals surface area contributed by atoms with Crippen LogP contribution in [0.5, 0.6) is 0 Å². The van der Waals surface area contributed by atoms with Gasteiger partial charge in [0.05, 0.1) is 0 Å². The number of aryl methyl sites for hydroxylation is 1. The zero-order valence-corrected chi connectivity index (χ0v) is 14.4. The van der Waals surface area contributed by atoms with E-state index in [1.807, 2.05) is 0 Å². The molecular weight excluding hydrogens is 317 g/mol. The van der Waals surface area contributed by atoms with Gasteiger partial charge in [-0.25, -0.2) is 0 Å². The van der Waals surface area contributed by atoms with Crippen molar-refractivity contribution in [2.45, 2.75) is 70.6 Å². The highest BCUT2D eigenvalue weighted by atomic mass is 19.4. The summed E-state index contributed by atoms with van der Waals surface area (Å²) in [6, 6.07) is 4.73. The first kappa shape index (κ1) is 18.8. The van der Waals surface area contributed by atoms with E-state index < -0.39 is 17.8 Å². The second-order valence-corrected chi connectivity index (χ2v) is 7.04. The number of benzene rings is 1. The lowest BCUT2D eigenvalue weighted by Crippen LogP contribution is -2.51. The maximum absolute atomic E-state index is 13.7. The summed E-state index contributed by atoms with van der Waals surface area (Å²) in [5.74, 6) is -0.384. The van der Waals surface area contributed by atoms with Crippen LogP contribution in [-0.4, -0.2) is 22.6 Å². The summed E-state index contributed by atoms with van der Waals surface area (Å²) in [6.45, 7) is 5.40. The van der Waals surface area contributed by atoms with Gasteiger partial charge in [-0.1, -0.05) is 44.0 Å². The molecule has 134 valence electrons. The quantitative estimate of drug-likeness (QED) is 0.770. The Labute approximate surface area is 141 Å². The molecule has 0 saturated carbocycles. The fraction of sp³-hybridized carbons (Fsp3) is 0.611. The van der Waals surface area contributed by atoms with Gasteiger partial charge in [-0.05, 0) is 37.8 Å². The van der Waals surface area contributed by atoms with Crippen molar-refractivity contribution in [2.24, 2.45) is 0 Å². The van der Waals surface area contributed by atoms with Crippen molar-refractivity contribution < 1.29 is 18.0 Å². The number of nitrogens with zero attached hydrogens (tertiary/aromatic N) is 1. The predicted octanol–water partition coefficient (Wildman–Crippen LogP) is 4.54. The van der Waals surface area contributed by atoms with Crippen LogP contribution >= 0.6 is 0 Å². The molecular formula is C18H25F3N2O. The van der Waals surface area contributed by atoms with E-state index in [1.54, 1.807) is 26.0 Å². The van der Waals surface area contributed by atoms with E-state index in [0.717, 1.165) is 36.3 Å². The first-order chi connectivity index (χ1) is 11.1. The number of hydrogen-bond donors (Lipinski definition) is 1. The van der Waals surface area contributed by atoms with E-state index in [9.17, 15) is 18.0 Å². The number of amides is 1. The summed E-state index contributed by atoms with van der Waals surface area (Å²) >= 11 is 0. The van der Waals surface area contributed by atoms with Gasteiger partial charge in [0.1, 0.15) is 0 Å². The molecule has 0 bridgehead atoms. The first-order valence-corrected chi connectivity index (χ1v) is 8.39. The Morgan fingerprint density at radius 2 is 1.83 bits per heavy atom. The number of halogens is 3. The normalized spacial score (nSPS) is 19.3. The van der Waals surface area contributed by atoms with Gasteiger partial charge >= 0.3 is 6.18 Å². The van der Waals surface area contributed by atoms with E-state index in [1.165, 1.54) is 12.1 Å². The van der Waals surface area contributed by atoms with Crippen molar-refractivity contribution in [1.82, 2.24) is 10.4 Å². The molecule has 0 aromatic heterocycles. The van der Waals surface area contributed by atoms with Crippen molar-refractivity contribution in [3.63, 3.8) is 0 Å². The Morgan fingerprint density at radius 1 is 1.21 bits per heavy atom. The second-order valence-electron chi connectivity index (χ2n) is 7.04. The Bertz CT molecular complexity index is 567. The lowest BCUT2D eigenvalue weighted by atomic mass is 9.96. The summed E-state index contributed by atoms with van der Waals surface area (Å²) in [6.07, 6.45) is -0.295. The third-order valence-corrected chi connectivity index (χ3v) is 4.42. The fourth-order valence-corrected chi connectivity index (χ4v) is 3.15. The SMILES string of the molecule is CCCCCc1ccc([C@H](N2NC(=O)CC2(C)C)C(F)(F)F)cc1. The zero-order valence-electron chi connectivity index (χ0n) is 14.4. The van der Waals surface area contributed by atoms with E-state index in [4.69, 9.17) is 0 Å². The predicted molar refractivity (Wildman–Crippen MR) is 87.1 cm³/mol. The van der Waals surface area contributed by atoms with E-state index >= 15 is 0 Å². The average molecular weight is 342 g/mol. The Kier molecular flexibility index (Phi) is 5.58. The summed E-state index contributed by atoms with van der Waals surface area (Å²) < 4.78 is 41.1. The molecule has 0 radical (unpaired) electrons.